The van der Waals surface area contributed by atoms with E-state index in [9.17, 15) is 13.6 Å². The zero-order chi connectivity index (χ0) is 19.7. The van der Waals surface area contributed by atoms with Crippen molar-refractivity contribution in [2.75, 3.05) is 13.1 Å². The van der Waals surface area contributed by atoms with Gasteiger partial charge in [0, 0.05) is 30.1 Å². The number of likely N-dealkylation sites (tertiary alicyclic amines) is 1. The molecule has 3 aromatic rings. The first-order valence-corrected chi connectivity index (χ1v) is 9.16. The smallest absolute Gasteiger partial charge is 0.253 e. The van der Waals surface area contributed by atoms with Gasteiger partial charge in [-0.05, 0) is 61.7 Å². The van der Waals surface area contributed by atoms with Gasteiger partial charge in [0.1, 0.15) is 11.6 Å². The number of aryl methyl sites for hydroxylation is 1. The molecule has 144 valence electrons. The van der Waals surface area contributed by atoms with Crippen LogP contribution >= 0.6 is 0 Å². The number of halogens is 2. The summed E-state index contributed by atoms with van der Waals surface area (Å²) >= 11 is 0. The first-order chi connectivity index (χ1) is 13.5. The summed E-state index contributed by atoms with van der Waals surface area (Å²) in [5, 5.41) is 3.98. The molecular weight excluding hydrogens is 364 g/mol. The van der Waals surface area contributed by atoms with Crippen LogP contribution in [0.4, 0.5) is 8.78 Å². The van der Waals surface area contributed by atoms with Gasteiger partial charge in [0.2, 0.25) is 11.7 Å². The van der Waals surface area contributed by atoms with Crippen molar-refractivity contribution in [3.8, 4) is 11.4 Å². The molecule has 2 aromatic carbocycles. The minimum atomic E-state index is -0.375. The van der Waals surface area contributed by atoms with Crippen molar-refractivity contribution in [3.05, 3.63) is 71.1 Å². The Kier molecular flexibility index (Phi) is 4.90. The van der Waals surface area contributed by atoms with Crippen LogP contribution in [0.3, 0.4) is 0 Å². The van der Waals surface area contributed by atoms with Gasteiger partial charge in [-0.15, -0.1) is 0 Å². The summed E-state index contributed by atoms with van der Waals surface area (Å²) in [5.41, 5.74) is 1.56. The number of benzene rings is 2. The van der Waals surface area contributed by atoms with E-state index in [0.29, 0.717) is 54.3 Å². The minimum Gasteiger partial charge on any atom is -0.339 e. The number of aromatic nitrogens is 2. The van der Waals surface area contributed by atoms with Crippen molar-refractivity contribution in [1.82, 2.24) is 15.0 Å². The van der Waals surface area contributed by atoms with Gasteiger partial charge in [0.05, 0.1) is 0 Å². The van der Waals surface area contributed by atoms with Gasteiger partial charge in [-0.3, -0.25) is 4.79 Å². The molecule has 1 amide bonds. The zero-order valence-electron chi connectivity index (χ0n) is 15.4. The lowest BCUT2D eigenvalue weighted by Crippen LogP contribution is -2.38. The second-order valence-corrected chi connectivity index (χ2v) is 6.99. The van der Waals surface area contributed by atoms with Crippen LogP contribution in [0.5, 0.6) is 0 Å². The molecule has 2 heterocycles. The highest BCUT2D eigenvalue weighted by Crippen LogP contribution is 2.29. The molecule has 1 fully saturated rings. The van der Waals surface area contributed by atoms with Gasteiger partial charge >= 0.3 is 0 Å². The van der Waals surface area contributed by atoms with E-state index in [4.69, 9.17) is 4.52 Å². The third kappa shape index (κ3) is 3.65. The summed E-state index contributed by atoms with van der Waals surface area (Å²) in [6.07, 6.45) is 1.37. The molecular formula is C21H19F2N3O2. The van der Waals surface area contributed by atoms with Crippen molar-refractivity contribution in [2.24, 2.45) is 0 Å². The Bertz CT molecular complexity index is 993. The lowest BCUT2D eigenvalue weighted by Gasteiger charge is -2.30. The Morgan fingerprint density at radius 1 is 1.11 bits per heavy atom. The van der Waals surface area contributed by atoms with Gasteiger partial charge < -0.3 is 9.42 Å². The second-order valence-electron chi connectivity index (χ2n) is 6.99. The van der Waals surface area contributed by atoms with E-state index in [0.717, 1.165) is 0 Å². The molecule has 0 radical (unpaired) electrons. The molecule has 5 nitrogen and oxygen atoms in total. The van der Waals surface area contributed by atoms with Crippen molar-refractivity contribution >= 4 is 5.91 Å². The van der Waals surface area contributed by atoms with Crippen LogP contribution < -0.4 is 0 Å². The van der Waals surface area contributed by atoms with E-state index >= 15 is 0 Å². The maximum absolute atomic E-state index is 13.7. The van der Waals surface area contributed by atoms with Gasteiger partial charge in [-0.2, -0.15) is 4.98 Å². The van der Waals surface area contributed by atoms with Gasteiger partial charge in [0.15, 0.2) is 0 Å². The summed E-state index contributed by atoms with van der Waals surface area (Å²) < 4.78 is 32.2. The van der Waals surface area contributed by atoms with Crippen molar-refractivity contribution in [1.29, 1.82) is 0 Å². The molecule has 0 N–H and O–H groups in total. The number of carbonyl (C=O) groups excluding carboxylic acids is 1. The minimum absolute atomic E-state index is 0.0560. The molecule has 1 aliphatic rings. The fourth-order valence-corrected chi connectivity index (χ4v) is 3.36. The number of piperidine rings is 1. The summed E-state index contributed by atoms with van der Waals surface area (Å²) in [7, 11) is 0. The van der Waals surface area contributed by atoms with Crippen molar-refractivity contribution in [2.45, 2.75) is 25.7 Å². The highest BCUT2D eigenvalue weighted by molar-refractivity contribution is 5.94. The third-order valence-corrected chi connectivity index (χ3v) is 5.09. The molecule has 0 aliphatic carbocycles. The van der Waals surface area contributed by atoms with Crippen LogP contribution in [0.2, 0.25) is 0 Å². The number of hydrogen-bond donors (Lipinski definition) is 0. The Hall–Kier alpha value is -3.09. The van der Waals surface area contributed by atoms with Crippen LogP contribution in [0.1, 0.15) is 40.6 Å². The number of amides is 1. The van der Waals surface area contributed by atoms with Crippen molar-refractivity contribution < 1.29 is 18.1 Å². The Morgan fingerprint density at radius 2 is 1.82 bits per heavy atom. The van der Waals surface area contributed by atoms with Crippen LogP contribution in [0.25, 0.3) is 11.4 Å². The lowest BCUT2D eigenvalue weighted by molar-refractivity contribution is 0.0704. The van der Waals surface area contributed by atoms with E-state index in [1.54, 1.807) is 36.1 Å². The molecule has 1 aromatic heterocycles. The first-order valence-electron chi connectivity index (χ1n) is 9.16. The van der Waals surface area contributed by atoms with Gasteiger partial charge in [-0.1, -0.05) is 11.2 Å². The summed E-state index contributed by atoms with van der Waals surface area (Å²) in [5.74, 6) is 0.129. The summed E-state index contributed by atoms with van der Waals surface area (Å²) in [6, 6.07) is 10.5. The molecule has 0 saturated carbocycles. The zero-order valence-corrected chi connectivity index (χ0v) is 15.4. The molecule has 0 bridgehead atoms. The van der Waals surface area contributed by atoms with E-state index in [2.05, 4.69) is 10.1 Å². The van der Waals surface area contributed by atoms with Gasteiger partial charge in [-0.25, -0.2) is 8.78 Å². The maximum atomic E-state index is 13.7. The molecule has 1 saturated heterocycles. The van der Waals surface area contributed by atoms with Crippen molar-refractivity contribution in [3.63, 3.8) is 0 Å². The standard InChI is InChI=1S/C21H19F2N3O2/c1-13-2-3-16(12-18(13)23)21(27)26-10-8-15(9-11-26)20-24-19(25-28-20)14-4-6-17(22)7-5-14/h2-7,12,15H,8-11H2,1H3. The van der Waals surface area contributed by atoms with Crippen LogP contribution in [0.15, 0.2) is 47.0 Å². The SMILES string of the molecule is Cc1ccc(C(=O)N2CCC(c3nc(-c4ccc(F)cc4)no3)CC2)cc1F. The van der Waals surface area contributed by atoms with Gasteiger partial charge in [0.25, 0.3) is 5.91 Å². The number of hydrogen-bond acceptors (Lipinski definition) is 4. The fraction of sp³-hybridized carbons (Fsp3) is 0.286. The van der Waals surface area contributed by atoms with Crippen LogP contribution in [-0.2, 0) is 0 Å². The summed E-state index contributed by atoms with van der Waals surface area (Å²) in [4.78, 5) is 18.8. The quantitative estimate of drug-likeness (QED) is 0.675. The average Bonchev–Trinajstić information content (AvgIpc) is 3.20. The second kappa shape index (κ2) is 7.50. The highest BCUT2D eigenvalue weighted by Gasteiger charge is 2.28. The van der Waals surface area contributed by atoms with Crippen LogP contribution in [-0.4, -0.2) is 34.0 Å². The summed E-state index contributed by atoms with van der Waals surface area (Å²) in [6.45, 7) is 2.74. The molecule has 7 heteroatoms. The predicted molar refractivity (Wildman–Crippen MR) is 98.7 cm³/mol. The molecule has 4 rings (SSSR count). The molecule has 1 aliphatic heterocycles. The average molecular weight is 383 g/mol. The molecule has 0 unspecified atom stereocenters. The Labute approximate surface area is 161 Å². The molecule has 0 spiro atoms. The number of nitrogens with zero attached hydrogens (tertiary/aromatic N) is 3. The van der Waals surface area contributed by atoms with E-state index in [1.807, 2.05) is 0 Å². The maximum Gasteiger partial charge on any atom is 0.253 e. The van der Waals surface area contributed by atoms with E-state index < -0.39 is 0 Å². The number of rotatable bonds is 3. The fourth-order valence-electron chi connectivity index (χ4n) is 3.36. The van der Waals surface area contributed by atoms with E-state index in [1.165, 1.54) is 18.2 Å². The Balaban J connectivity index is 1.41. The number of carbonyl (C=O) groups is 1. The topological polar surface area (TPSA) is 59.2 Å². The predicted octanol–water partition coefficient (Wildman–Crippen LogP) is 4.34. The monoisotopic (exact) mass is 383 g/mol. The largest absolute Gasteiger partial charge is 0.339 e. The first kappa shape index (κ1) is 18.3. The van der Waals surface area contributed by atoms with Crippen LogP contribution in [0, 0.1) is 18.6 Å². The third-order valence-electron chi connectivity index (χ3n) is 5.09. The Morgan fingerprint density at radius 3 is 2.50 bits per heavy atom. The van der Waals surface area contributed by atoms with E-state index in [-0.39, 0.29) is 23.5 Å². The molecule has 0 atom stereocenters. The molecule has 28 heavy (non-hydrogen) atoms. The normalized spacial score (nSPS) is 15.0. The lowest BCUT2D eigenvalue weighted by atomic mass is 9.96. The highest BCUT2D eigenvalue weighted by atomic mass is 19.1.